The molecule has 0 fully saturated rings. The molecular formula is C12H12FN3O2. The summed E-state index contributed by atoms with van der Waals surface area (Å²) in [5.74, 6) is -0.158. The highest BCUT2D eigenvalue weighted by Gasteiger charge is 2.09. The van der Waals surface area contributed by atoms with Crippen LogP contribution in [-0.4, -0.2) is 26.7 Å². The van der Waals surface area contributed by atoms with E-state index in [9.17, 15) is 9.18 Å². The lowest BCUT2D eigenvalue weighted by atomic mass is 10.2. The number of aromatic amines is 1. The molecule has 2 aromatic heterocycles. The third-order valence-corrected chi connectivity index (χ3v) is 2.55. The predicted molar refractivity (Wildman–Crippen MR) is 63.6 cm³/mol. The number of aryl methyl sites for hydroxylation is 1. The number of nitrogens with one attached hydrogen (secondary N) is 1. The molecule has 0 atom stereocenters. The van der Waals surface area contributed by atoms with Gasteiger partial charge >= 0.3 is 0 Å². The van der Waals surface area contributed by atoms with Crippen LogP contribution in [0.1, 0.15) is 11.3 Å². The Hall–Kier alpha value is -2.08. The van der Waals surface area contributed by atoms with Gasteiger partial charge in [0.05, 0.1) is 6.20 Å². The maximum Gasteiger partial charge on any atom is 0.254 e. The van der Waals surface area contributed by atoms with Crippen LogP contribution in [0.2, 0.25) is 0 Å². The van der Waals surface area contributed by atoms with Crippen molar-refractivity contribution in [1.29, 1.82) is 0 Å². The van der Waals surface area contributed by atoms with E-state index < -0.39 is 5.82 Å². The molecule has 6 heteroatoms. The maximum atomic E-state index is 12.7. The van der Waals surface area contributed by atoms with Crippen LogP contribution in [0.3, 0.4) is 0 Å². The van der Waals surface area contributed by atoms with Gasteiger partial charge in [0, 0.05) is 24.3 Å². The standard InChI is InChI=1S/C12H12FN3O2/c1-7-9(4-5-17)12(18)16-11(15-7)10-3-2-8(13)6-14-10/h2-3,6,17H,4-5H2,1H3,(H,15,16,18). The lowest BCUT2D eigenvalue weighted by Crippen LogP contribution is -2.18. The van der Waals surface area contributed by atoms with Gasteiger partial charge < -0.3 is 10.1 Å². The number of aliphatic hydroxyl groups is 1. The van der Waals surface area contributed by atoms with Crippen molar-refractivity contribution < 1.29 is 9.50 Å². The minimum Gasteiger partial charge on any atom is -0.396 e. The molecule has 0 aromatic carbocycles. The fourth-order valence-corrected chi connectivity index (χ4v) is 1.65. The molecule has 2 rings (SSSR count). The minimum absolute atomic E-state index is 0.111. The molecular weight excluding hydrogens is 237 g/mol. The molecule has 0 spiro atoms. The Balaban J connectivity index is 2.48. The molecule has 5 nitrogen and oxygen atoms in total. The van der Waals surface area contributed by atoms with E-state index in [0.29, 0.717) is 22.8 Å². The van der Waals surface area contributed by atoms with Gasteiger partial charge in [-0.25, -0.2) is 14.4 Å². The topological polar surface area (TPSA) is 78.9 Å². The van der Waals surface area contributed by atoms with Crippen LogP contribution in [0.4, 0.5) is 4.39 Å². The Morgan fingerprint density at radius 1 is 1.44 bits per heavy atom. The summed E-state index contributed by atoms with van der Waals surface area (Å²) in [5, 5.41) is 8.85. The Morgan fingerprint density at radius 2 is 2.22 bits per heavy atom. The Kier molecular flexibility index (Phi) is 3.47. The molecule has 0 unspecified atom stereocenters. The van der Waals surface area contributed by atoms with E-state index in [4.69, 9.17) is 5.11 Å². The Bertz CT molecular complexity index is 608. The zero-order valence-electron chi connectivity index (χ0n) is 9.77. The zero-order chi connectivity index (χ0) is 13.1. The number of rotatable bonds is 3. The highest BCUT2D eigenvalue weighted by atomic mass is 19.1. The molecule has 0 amide bonds. The number of pyridine rings is 1. The van der Waals surface area contributed by atoms with Crippen molar-refractivity contribution in [2.24, 2.45) is 0 Å². The number of nitrogens with zero attached hydrogens (tertiary/aromatic N) is 2. The average molecular weight is 249 g/mol. The van der Waals surface area contributed by atoms with Crippen molar-refractivity contribution in [3.63, 3.8) is 0 Å². The molecule has 2 N–H and O–H groups in total. The second-order valence-corrected chi connectivity index (χ2v) is 3.81. The fourth-order valence-electron chi connectivity index (χ4n) is 1.65. The van der Waals surface area contributed by atoms with Crippen LogP contribution < -0.4 is 5.56 Å². The van der Waals surface area contributed by atoms with Gasteiger partial charge in [-0.05, 0) is 19.1 Å². The van der Waals surface area contributed by atoms with E-state index in [1.54, 1.807) is 6.92 Å². The van der Waals surface area contributed by atoms with Crippen LogP contribution in [0.15, 0.2) is 23.1 Å². The van der Waals surface area contributed by atoms with Crippen LogP contribution in [0.25, 0.3) is 11.5 Å². The quantitative estimate of drug-likeness (QED) is 0.843. The van der Waals surface area contributed by atoms with Crippen molar-refractivity contribution in [1.82, 2.24) is 15.0 Å². The molecule has 2 aromatic rings. The number of hydrogen-bond donors (Lipinski definition) is 2. The molecule has 18 heavy (non-hydrogen) atoms. The SMILES string of the molecule is Cc1nc(-c2ccc(F)cn2)[nH]c(=O)c1CCO. The maximum absolute atomic E-state index is 12.7. The summed E-state index contributed by atoms with van der Waals surface area (Å²) >= 11 is 0. The van der Waals surface area contributed by atoms with Crippen molar-refractivity contribution in [3.8, 4) is 11.5 Å². The minimum atomic E-state index is -0.449. The number of halogens is 1. The average Bonchev–Trinajstić information content (AvgIpc) is 2.34. The van der Waals surface area contributed by atoms with E-state index in [2.05, 4.69) is 15.0 Å². The molecule has 0 aliphatic heterocycles. The van der Waals surface area contributed by atoms with Crippen molar-refractivity contribution in [3.05, 3.63) is 45.8 Å². The molecule has 2 heterocycles. The fraction of sp³-hybridized carbons (Fsp3) is 0.250. The summed E-state index contributed by atoms with van der Waals surface area (Å²) in [4.78, 5) is 22.4. The van der Waals surface area contributed by atoms with Crippen LogP contribution in [0.5, 0.6) is 0 Å². The molecule has 0 radical (unpaired) electrons. The van der Waals surface area contributed by atoms with Gasteiger partial charge in [0.25, 0.3) is 5.56 Å². The number of aromatic nitrogens is 3. The summed E-state index contributed by atoms with van der Waals surface area (Å²) in [6.07, 6.45) is 1.32. The Morgan fingerprint density at radius 3 is 2.78 bits per heavy atom. The zero-order valence-corrected chi connectivity index (χ0v) is 9.77. The van der Waals surface area contributed by atoms with Crippen molar-refractivity contribution >= 4 is 0 Å². The van der Waals surface area contributed by atoms with E-state index in [1.807, 2.05) is 0 Å². The van der Waals surface area contributed by atoms with Crippen molar-refractivity contribution in [2.75, 3.05) is 6.61 Å². The van der Waals surface area contributed by atoms with Crippen LogP contribution in [-0.2, 0) is 6.42 Å². The third kappa shape index (κ3) is 2.43. The molecule has 0 aliphatic carbocycles. The van der Waals surface area contributed by atoms with Gasteiger partial charge in [-0.2, -0.15) is 0 Å². The van der Waals surface area contributed by atoms with E-state index in [0.717, 1.165) is 6.20 Å². The van der Waals surface area contributed by atoms with Gasteiger partial charge in [-0.1, -0.05) is 0 Å². The monoisotopic (exact) mass is 249 g/mol. The molecule has 0 aliphatic rings. The summed E-state index contributed by atoms with van der Waals surface area (Å²) < 4.78 is 12.7. The second-order valence-electron chi connectivity index (χ2n) is 3.81. The van der Waals surface area contributed by atoms with E-state index >= 15 is 0 Å². The van der Waals surface area contributed by atoms with E-state index in [1.165, 1.54) is 12.1 Å². The first-order valence-electron chi connectivity index (χ1n) is 5.44. The molecule has 94 valence electrons. The molecule has 0 saturated heterocycles. The van der Waals surface area contributed by atoms with Crippen LogP contribution >= 0.6 is 0 Å². The van der Waals surface area contributed by atoms with Crippen molar-refractivity contribution in [2.45, 2.75) is 13.3 Å². The van der Waals surface area contributed by atoms with Gasteiger partial charge in [-0.15, -0.1) is 0 Å². The lowest BCUT2D eigenvalue weighted by molar-refractivity contribution is 0.298. The van der Waals surface area contributed by atoms with Gasteiger partial charge in [0.15, 0.2) is 5.82 Å². The number of hydrogen-bond acceptors (Lipinski definition) is 4. The first kappa shape index (κ1) is 12.4. The third-order valence-electron chi connectivity index (χ3n) is 2.55. The number of aliphatic hydroxyl groups excluding tert-OH is 1. The lowest BCUT2D eigenvalue weighted by Gasteiger charge is -2.05. The highest BCUT2D eigenvalue weighted by Crippen LogP contribution is 2.12. The van der Waals surface area contributed by atoms with Gasteiger partial charge in [-0.3, -0.25) is 4.79 Å². The summed E-state index contributed by atoms with van der Waals surface area (Å²) in [7, 11) is 0. The Labute approximate surface area is 102 Å². The number of H-pyrrole nitrogens is 1. The summed E-state index contributed by atoms with van der Waals surface area (Å²) in [6.45, 7) is 1.58. The molecule has 0 bridgehead atoms. The molecule has 0 saturated carbocycles. The second kappa shape index (κ2) is 5.05. The van der Waals surface area contributed by atoms with E-state index in [-0.39, 0.29) is 18.6 Å². The van der Waals surface area contributed by atoms with Crippen LogP contribution in [0, 0.1) is 12.7 Å². The first-order valence-corrected chi connectivity index (χ1v) is 5.44. The van der Waals surface area contributed by atoms with Gasteiger partial charge in [0.2, 0.25) is 0 Å². The first-order chi connectivity index (χ1) is 8.61. The summed E-state index contributed by atoms with van der Waals surface area (Å²) in [6, 6.07) is 2.69. The highest BCUT2D eigenvalue weighted by molar-refractivity contribution is 5.48. The smallest absolute Gasteiger partial charge is 0.254 e. The predicted octanol–water partition coefficient (Wildman–Crippen LogP) is 0.814. The largest absolute Gasteiger partial charge is 0.396 e. The normalized spacial score (nSPS) is 10.6. The van der Waals surface area contributed by atoms with Gasteiger partial charge in [0.1, 0.15) is 11.5 Å². The summed E-state index contributed by atoms with van der Waals surface area (Å²) in [5.41, 5.74) is 1.07.